The molecule has 0 aliphatic rings. The molecule has 0 atom stereocenters. The number of hydrogen-bond donors (Lipinski definition) is 0. The van der Waals surface area contributed by atoms with Gasteiger partial charge in [-0.05, 0) is 94.8 Å². The van der Waals surface area contributed by atoms with Gasteiger partial charge in [0.1, 0.15) is 22.3 Å². The topological polar surface area (TPSA) is 26.3 Å². The molecule has 2 nitrogen and oxygen atoms in total. The second-order valence-electron chi connectivity index (χ2n) is 10.3. The minimum absolute atomic E-state index is 0.914. The highest BCUT2D eigenvalue weighted by molar-refractivity contribution is 6.18. The van der Waals surface area contributed by atoms with Crippen LogP contribution in [0.25, 0.3) is 65.4 Å². The van der Waals surface area contributed by atoms with E-state index in [0.29, 0.717) is 0 Å². The third-order valence-corrected chi connectivity index (χ3v) is 7.75. The van der Waals surface area contributed by atoms with Crippen molar-refractivity contribution in [3.63, 3.8) is 0 Å². The van der Waals surface area contributed by atoms with Crippen molar-refractivity contribution in [2.45, 2.75) is 52.4 Å². The lowest BCUT2D eigenvalue weighted by molar-refractivity contribution is 0.664. The lowest BCUT2D eigenvalue weighted by atomic mass is 10.0. The molecule has 2 heterocycles. The van der Waals surface area contributed by atoms with Crippen LogP contribution in [0.15, 0.2) is 81.6 Å². The van der Waals surface area contributed by atoms with Gasteiger partial charge in [-0.2, -0.15) is 0 Å². The van der Waals surface area contributed by atoms with Crippen LogP contribution in [0.4, 0.5) is 0 Å². The number of aryl methyl sites for hydroxylation is 2. The molecular formula is C34H30O2. The molecule has 5 aromatic carbocycles. The van der Waals surface area contributed by atoms with E-state index < -0.39 is 0 Å². The van der Waals surface area contributed by atoms with E-state index in [1.807, 2.05) is 0 Å². The predicted molar refractivity (Wildman–Crippen MR) is 153 cm³/mol. The second-order valence-corrected chi connectivity index (χ2v) is 10.3. The Labute approximate surface area is 210 Å². The lowest BCUT2D eigenvalue weighted by Gasteiger charge is -2.03. The van der Waals surface area contributed by atoms with Gasteiger partial charge in [0.05, 0.1) is 0 Å². The molecule has 36 heavy (non-hydrogen) atoms. The normalized spacial score (nSPS) is 12.3. The average Bonchev–Trinajstić information content (AvgIpc) is 3.42. The van der Waals surface area contributed by atoms with Crippen molar-refractivity contribution in [1.29, 1.82) is 0 Å². The maximum atomic E-state index is 6.41. The molecule has 0 bridgehead atoms. The summed E-state index contributed by atoms with van der Waals surface area (Å²) < 4.78 is 12.8. The Kier molecular flexibility index (Phi) is 5.02. The summed E-state index contributed by atoms with van der Waals surface area (Å²) in [5.41, 5.74) is 6.50. The van der Waals surface area contributed by atoms with Gasteiger partial charge < -0.3 is 8.83 Å². The molecule has 0 unspecified atom stereocenters. The first-order valence-electron chi connectivity index (χ1n) is 13.4. The minimum Gasteiger partial charge on any atom is -0.456 e. The van der Waals surface area contributed by atoms with E-state index in [9.17, 15) is 0 Å². The van der Waals surface area contributed by atoms with E-state index in [4.69, 9.17) is 8.83 Å². The zero-order valence-electron chi connectivity index (χ0n) is 21.0. The number of benzene rings is 5. The van der Waals surface area contributed by atoms with E-state index in [1.165, 1.54) is 58.4 Å². The number of unbranched alkanes of at least 4 members (excludes halogenated alkanes) is 2. The van der Waals surface area contributed by atoms with Gasteiger partial charge in [-0.3, -0.25) is 0 Å². The Morgan fingerprint density at radius 1 is 0.444 bits per heavy atom. The van der Waals surface area contributed by atoms with Crippen LogP contribution < -0.4 is 0 Å². The van der Waals surface area contributed by atoms with Gasteiger partial charge in [0.2, 0.25) is 0 Å². The summed E-state index contributed by atoms with van der Waals surface area (Å²) in [6.07, 6.45) is 7.13. The number of rotatable bonds is 6. The van der Waals surface area contributed by atoms with Gasteiger partial charge >= 0.3 is 0 Å². The summed E-state index contributed by atoms with van der Waals surface area (Å²) in [4.78, 5) is 0. The summed E-state index contributed by atoms with van der Waals surface area (Å²) in [6, 6.07) is 26.9. The standard InChI is InChI=1S/C34H30O2/c1-3-5-7-21-9-11-23-15-27-29-19-34-30(20-33(29)35-31(27)17-25(23)13-21)28-16-24-12-10-22(8-6-4-2)14-26(24)18-32(28)36-34/h9-20H,3-8H2,1-2H3. The van der Waals surface area contributed by atoms with Crippen molar-refractivity contribution in [3.05, 3.63) is 83.9 Å². The molecule has 0 fully saturated rings. The molecule has 0 aliphatic carbocycles. The second kappa shape index (κ2) is 8.41. The molecule has 178 valence electrons. The smallest absolute Gasteiger partial charge is 0.136 e. The molecule has 0 saturated carbocycles. The van der Waals surface area contributed by atoms with Gasteiger partial charge in [0.25, 0.3) is 0 Å². The summed E-state index contributed by atoms with van der Waals surface area (Å²) in [5, 5.41) is 9.50. The number of fused-ring (bicyclic) bond motifs is 8. The van der Waals surface area contributed by atoms with Crippen LogP contribution >= 0.6 is 0 Å². The van der Waals surface area contributed by atoms with Crippen molar-refractivity contribution in [3.8, 4) is 0 Å². The Balaban J connectivity index is 1.38. The fourth-order valence-electron chi connectivity index (χ4n) is 5.70. The minimum atomic E-state index is 0.914. The Hall–Kier alpha value is -3.78. The maximum absolute atomic E-state index is 6.41. The predicted octanol–water partition coefficient (Wildman–Crippen LogP) is 10.5. The Bertz CT molecular complexity index is 1770. The highest BCUT2D eigenvalue weighted by Gasteiger charge is 2.15. The summed E-state index contributed by atoms with van der Waals surface area (Å²) >= 11 is 0. The molecule has 0 N–H and O–H groups in total. The Morgan fingerprint density at radius 2 is 0.861 bits per heavy atom. The highest BCUT2D eigenvalue weighted by Crippen LogP contribution is 2.39. The van der Waals surface area contributed by atoms with E-state index in [2.05, 4.69) is 86.6 Å². The first-order valence-corrected chi connectivity index (χ1v) is 13.4. The van der Waals surface area contributed by atoms with Gasteiger partial charge in [-0.15, -0.1) is 0 Å². The summed E-state index contributed by atoms with van der Waals surface area (Å²) in [5.74, 6) is 0. The molecule has 0 amide bonds. The van der Waals surface area contributed by atoms with Crippen LogP contribution in [-0.2, 0) is 12.8 Å². The SMILES string of the molecule is CCCCc1ccc2cc3c(cc2c1)oc1cc2c(cc13)oc1cc3cc(CCCC)ccc3cc12. The molecule has 0 aliphatic heterocycles. The van der Waals surface area contributed by atoms with Crippen LogP contribution in [0, 0.1) is 0 Å². The molecule has 2 heteroatoms. The largest absolute Gasteiger partial charge is 0.456 e. The third-order valence-electron chi connectivity index (χ3n) is 7.75. The fraction of sp³-hybridized carbons (Fsp3) is 0.235. The zero-order chi connectivity index (χ0) is 24.2. The van der Waals surface area contributed by atoms with Gasteiger partial charge in [-0.25, -0.2) is 0 Å². The molecule has 0 radical (unpaired) electrons. The average molecular weight is 471 g/mol. The van der Waals surface area contributed by atoms with Crippen molar-refractivity contribution >= 4 is 65.4 Å². The first-order chi connectivity index (χ1) is 17.7. The number of hydrogen-bond acceptors (Lipinski definition) is 2. The lowest BCUT2D eigenvalue weighted by Crippen LogP contribution is -1.84. The quantitative estimate of drug-likeness (QED) is 0.242. The number of furan rings is 2. The summed E-state index contributed by atoms with van der Waals surface area (Å²) in [6.45, 7) is 4.48. The fourth-order valence-corrected chi connectivity index (χ4v) is 5.70. The van der Waals surface area contributed by atoms with Crippen LogP contribution in [0.5, 0.6) is 0 Å². The molecular weight excluding hydrogens is 440 g/mol. The van der Waals surface area contributed by atoms with Crippen LogP contribution in [0.1, 0.15) is 50.7 Å². The molecule has 0 spiro atoms. The Morgan fingerprint density at radius 3 is 1.31 bits per heavy atom. The first kappa shape index (κ1) is 21.5. The third kappa shape index (κ3) is 3.47. The van der Waals surface area contributed by atoms with Gasteiger partial charge in [0.15, 0.2) is 0 Å². The molecule has 7 rings (SSSR count). The van der Waals surface area contributed by atoms with Gasteiger partial charge in [0, 0.05) is 21.5 Å². The van der Waals surface area contributed by atoms with Crippen LogP contribution in [0.2, 0.25) is 0 Å². The zero-order valence-corrected chi connectivity index (χ0v) is 21.0. The van der Waals surface area contributed by atoms with Crippen molar-refractivity contribution in [2.75, 3.05) is 0 Å². The van der Waals surface area contributed by atoms with E-state index in [1.54, 1.807) is 0 Å². The molecule has 7 aromatic rings. The van der Waals surface area contributed by atoms with Crippen LogP contribution in [-0.4, -0.2) is 0 Å². The summed E-state index contributed by atoms with van der Waals surface area (Å²) in [7, 11) is 0. The van der Waals surface area contributed by atoms with E-state index >= 15 is 0 Å². The maximum Gasteiger partial charge on any atom is 0.136 e. The molecule has 0 saturated heterocycles. The highest BCUT2D eigenvalue weighted by atomic mass is 16.3. The van der Waals surface area contributed by atoms with Gasteiger partial charge in [-0.1, -0.05) is 63.1 Å². The molecule has 2 aromatic heterocycles. The van der Waals surface area contributed by atoms with E-state index in [0.717, 1.165) is 56.7 Å². The van der Waals surface area contributed by atoms with E-state index in [-0.39, 0.29) is 0 Å². The van der Waals surface area contributed by atoms with Crippen molar-refractivity contribution in [1.82, 2.24) is 0 Å². The van der Waals surface area contributed by atoms with Crippen LogP contribution in [0.3, 0.4) is 0 Å². The van der Waals surface area contributed by atoms with Crippen molar-refractivity contribution in [2.24, 2.45) is 0 Å². The van der Waals surface area contributed by atoms with Crippen molar-refractivity contribution < 1.29 is 8.83 Å². The monoisotopic (exact) mass is 470 g/mol.